The lowest BCUT2D eigenvalue weighted by Crippen LogP contribution is -2.68. The van der Waals surface area contributed by atoms with Gasteiger partial charge in [-0.25, -0.2) is 4.39 Å². The van der Waals surface area contributed by atoms with Crippen molar-refractivity contribution in [3.63, 3.8) is 0 Å². The van der Waals surface area contributed by atoms with Crippen molar-refractivity contribution in [2.75, 3.05) is 59.2 Å². The van der Waals surface area contributed by atoms with Crippen LogP contribution in [-0.2, 0) is 16.1 Å². The maximum Gasteiger partial charge on any atom is 0.247 e. The second-order valence-electron chi connectivity index (χ2n) is 9.73. The van der Waals surface area contributed by atoms with Crippen molar-refractivity contribution in [3.8, 4) is 5.75 Å². The lowest BCUT2D eigenvalue weighted by molar-refractivity contribution is -0.136. The van der Waals surface area contributed by atoms with Crippen LogP contribution in [0.3, 0.4) is 0 Å². The Balaban J connectivity index is 0.00000267. The van der Waals surface area contributed by atoms with E-state index >= 15 is 0 Å². The van der Waals surface area contributed by atoms with Crippen LogP contribution in [0.5, 0.6) is 5.75 Å². The number of nitrogens with zero attached hydrogens (tertiary/aromatic N) is 3. The Morgan fingerprint density at radius 3 is 2.38 bits per heavy atom. The van der Waals surface area contributed by atoms with Gasteiger partial charge in [-0.2, -0.15) is 0 Å². The van der Waals surface area contributed by atoms with Gasteiger partial charge in [0.05, 0.1) is 30.8 Å². The highest BCUT2D eigenvalue weighted by Gasteiger charge is 2.39. The molecule has 2 N–H and O–H groups in total. The first-order valence-electron chi connectivity index (χ1n) is 12.2. The summed E-state index contributed by atoms with van der Waals surface area (Å²) in [7, 11) is 5.14. The number of carbonyl (C=O) groups excluding carboxylic acids is 2. The molecule has 0 spiro atoms. The minimum Gasteiger partial charge on any atom is -0.495 e. The molecule has 0 aliphatic carbocycles. The van der Waals surface area contributed by atoms with E-state index in [1.807, 2.05) is 19.0 Å². The fraction of sp³-hybridized carbons (Fsp3) is 0.407. The number of hydrogen-bond acceptors (Lipinski definition) is 6. The molecular weight excluding hydrogens is 568 g/mol. The molecule has 2 aromatic carbocycles. The summed E-state index contributed by atoms with van der Waals surface area (Å²) >= 11 is 6.30. The van der Waals surface area contributed by atoms with Gasteiger partial charge in [-0.15, -0.1) is 24.8 Å². The molecule has 4 rings (SSSR count). The van der Waals surface area contributed by atoms with E-state index in [0.717, 1.165) is 18.7 Å². The van der Waals surface area contributed by atoms with Crippen LogP contribution in [0.15, 0.2) is 42.5 Å². The van der Waals surface area contributed by atoms with Crippen molar-refractivity contribution in [2.45, 2.75) is 18.6 Å². The van der Waals surface area contributed by atoms with Crippen molar-refractivity contribution in [3.05, 3.63) is 64.4 Å². The van der Waals surface area contributed by atoms with E-state index in [2.05, 4.69) is 15.5 Å². The van der Waals surface area contributed by atoms with Crippen molar-refractivity contribution < 1.29 is 18.7 Å². The molecule has 2 fully saturated rings. The average Bonchev–Trinajstić information content (AvgIpc) is 2.83. The van der Waals surface area contributed by atoms with Gasteiger partial charge in [0.25, 0.3) is 0 Å². The number of amides is 2. The molecule has 2 aromatic rings. The number of piperazine rings is 2. The summed E-state index contributed by atoms with van der Waals surface area (Å²) in [6.45, 7) is 3.78. The van der Waals surface area contributed by atoms with E-state index in [9.17, 15) is 14.0 Å². The van der Waals surface area contributed by atoms with Crippen LogP contribution in [0.4, 0.5) is 10.1 Å². The number of carbonyl (C=O) groups is 2. The predicted molar refractivity (Wildman–Crippen MR) is 158 cm³/mol. The third kappa shape index (κ3) is 8.54. The van der Waals surface area contributed by atoms with Crippen molar-refractivity contribution in [1.82, 2.24) is 20.0 Å². The molecule has 2 saturated heterocycles. The molecule has 8 nitrogen and oxygen atoms in total. The second kappa shape index (κ2) is 14.8. The number of fused-ring (bicyclic) bond motifs is 2. The molecule has 0 saturated carbocycles. The molecule has 2 atom stereocenters. The maximum atomic E-state index is 13.4. The van der Waals surface area contributed by atoms with E-state index in [1.165, 1.54) is 19.2 Å². The summed E-state index contributed by atoms with van der Waals surface area (Å²) < 4.78 is 18.6. The lowest BCUT2D eigenvalue weighted by atomic mass is 10.0. The Morgan fingerprint density at radius 2 is 1.79 bits per heavy atom. The normalized spacial score (nSPS) is 18.9. The summed E-state index contributed by atoms with van der Waals surface area (Å²) in [4.78, 5) is 31.8. The SMILES string of the molecule is COc1cc(/C=C/C(=O)N2C3CNCC2CN(Cc2ccc(F)cc2)C3)c(NC(=O)CN(C)C)cc1Cl.Cl.Cl. The second-order valence-corrected chi connectivity index (χ2v) is 10.1. The minimum atomic E-state index is -0.245. The average molecular weight is 603 g/mol. The largest absolute Gasteiger partial charge is 0.495 e. The molecule has 12 heteroatoms. The molecule has 0 aromatic heterocycles. The fourth-order valence-corrected chi connectivity index (χ4v) is 5.16. The predicted octanol–water partition coefficient (Wildman–Crippen LogP) is 3.53. The molecule has 2 aliphatic rings. The summed E-state index contributed by atoms with van der Waals surface area (Å²) in [5.41, 5.74) is 2.18. The molecule has 39 heavy (non-hydrogen) atoms. The van der Waals surface area contributed by atoms with Gasteiger partial charge < -0.3 is 25.2 Å². The number of anilines is 1. The molecule has 0 radical (unpaired) electrons. The van der Waals surface area contributed by atoms with E-state index in [-0.39, 0.29) is 61.1 Å². The highest BCUT2D eigenvalue weighted by atomic mass is 35.5. The molecular formula is C27H35Cl3FN5O3. The number of hydrogen-bond donors (Lipinski definition) is 2. The monoisotopic (exact) mass is 601 g/mol. The maximum absolute atomic E-state index is 13.4. The number of ether oxygens (including phenoxy) is 1. The highest BCUT2D eigenvalue weighted by molar-refractivity contribution is 6.32. The Kier molecular flexibility index (Phi) is 12.5. The van der Waals surface area contributed by atoms with Gasteiger partial charge in [-0.1, -0.05) is 23.7 Å². The van der Waals surface area contributed by atoms with E-state index < -0.39 is 0 Å². The van der Waals surface area contributed by atoms with Gasteiger partial charge in [0, 0.05) is 50.1 Å². The third-order valence-electron chi connectivity index (χ3n) is 6.52. The highest BCUT2D eigenvalue weighted by Crippen LogP contribution is 2.32. The fourth-order valence-electron chi connectivity index (χ4n) is 4.92. The smallest absolute Gasteiger partial charge is 0.247 e. The zero-order chi connectivity index (χ0) is 26.5. The Morgan fingerprint density at radius 1 is 1.15 bits per heavy atom. The molecule has 214 valence electrons. The topological polar surface area (TPSA) is 77.1 Å². The summed E-state index contributed by atoms with van der Waals surface area (Å²) in [5, 5.41) is 6.67. The van der Waals surface area contributed by atoms with E-state index in [4.69, 9.17) is 16.3 Å². The van der Waals surface area contributed by atoms with E-state index in [0.29, 0.717) is 41.7 Å². The van der Waals surface area contributed by atoms with Gasteiger partial charge in [0.1, 0.15) is 11.6 Å². The summed E-state index contributed by atoms with van der Waals surface area (Å²) in [5.74, 6) is -0.0666. The van der Waals surface area contributed by atoms with Crippen LogP contribution in [0.25, 0.3) is 6.08 Å². The van der Waals surface area contributed by atoms with Crippen molar-refractivity contribution in [1.29, 1.82) is 0 Å². The molecule has 2 heterocycles. The summed E-state index contributed by atoms with van der Waals surface area (Å²) in [6, 6.07) is 9.94. The van der Waals surface area contributed by atoms with Gasteiger partial charge >= 0.3 is 0 Å². The van der Waals surface area contributed by atoms with Gasteiger partial charge in [0.2, 0.25) is 11.8 Å². The Labute approximate surface area is 246 Å². The molecule has 2 unspecified atom stereocenters. The van der Waals surface area contributed by atoms with Gasteiger partial charge in [-0.3, -0.25) is 14.5 Å². The number of likely N-dealkylation sites (N-methyl/N-ethyl adjacent to an activating group) is 1. The number of benzene rings is 2. The van der Waals surface area contributed by atoms with Crippen LogP contribution in [-0.4, -0.2) is 92.5 Å². The Bertz CT molecular complexity index is 1150. The van der Waals surface area contributed by atoms with E-state index in [1.54, 1.807) is 41.3 Å². The van der Waals surface area contributed by atoms with Gasteiger partial charge in [-0.05, 0) is 50.0 Å². The number of methoxy groups -OCH3 is 1. The Hall–Kier alpha value is -2.40. The van der Waals surface area contributed by atoms with Crippen LogP contribution in [0, 0.1) is 5.82 Å². The quantitative estimate of drug-likeness (QED) is 0.451. The van der Waals surface area contributed by atoms with Crippen molar-refractivity contribution >= 4 is 60.0 Å². The van der Waals surface area contributed by atoms with Crippen LogP contribution < -0.4 is 15.4 Å². The van der Waals surface area contributed by atoms with Gasteiger partial charge in [0.15, 0.2) is 0 Å². The molecule has 2 amide bonds. The number of rotatable bonds is 8. The zero-order valence-corrected chi connectivity index (χ0v) is 24.5. The van der Waals surface area contributed by atoms with Crippen LogP contribution in [0.2, 0.25) is 5.02 Å². The lowest BCUT2D eigenvalue weighted by Gasteiger charge is -2.50. The minimum absolute atomic E-state index is 0. The standard InChI is InChI=1S/C27H33ClFN5O3.2ClH/c1-32(2)17-26(35)31-24-11-23(28)25(37-3)10-19(24)6-9-27(36)34-21-12-30-13-22(34)16-33(15-21)14-18-4-7-20(29)8-5-18;;/h4-11,21-22,30H,12-17H2,1-3H3,(H,31,35);2*1H/b9-6+;;. The first-order chi connectivity index (χ1) is 17.7. The first-order valence-corrected chi connectivity index (χ1v) is 12.6. The van der Waals surface area contributed by atoms with Crippen LogP contribution >= 0.6 is 36.4 Å². The number of nitrogens with one attached hydrogen (secondary N) is 2. The first kappa shape index (κ1) is 32.8. The molecule has 2 aliphatic heterocycles. The molecule has 2 bridgehead atoms. The number of halogens is 4. The zero-order valence-electron chi connectivity index (χ0n) is 22.2. The summed E-state index contributed by atoms with van der Waals surface area (Å²) in [6.07, 6.45) is 3.24. The van der Waals surface area contributed by atoms with Crippen molar-refractivity contribution in [2.24, 2.45) is 0 Å². The van der Waals surface area contributed by atoms with Crippen LogP contribution in [0.1, 0.15) is 11.1 Å². The third-order valence-corrected chi connectivity index (χ3v) is 6.82.